The van der Waals surface area contributed by atoms with Crippen molar-refractivity contribution >= 4 is 34.4 Å². The SMILES string of the molecule is CCCCc1cnc2c(c1SCc1c(F)cccc1Cl)c(=O)n(C)c(=O)n2C. The number of halogens is 2. The van der Waals surface area contributed by atoms with Crippen LogP contribution in [0.5, 0.6) is 0 Å². The Kier molecular flexibility index (Phi) is 6.25. The van der Waals surface area contributed by atoms with Gasteiger partial charge in [-0.05, 0) is 30.5 Å². The fraction of sp³-hybridized carbons (Fsp3) is 0.350. The van der Waals surface area contributed by atoms with Gasteiger partial charge in [-0.2, -0.15) is 0 Å². The summed E-state index contributed by atoms with van der Waals surface area (Å²) in [5.41, 5.74) is 0.811. The van der Waals surface area contributed by atoms with Gasteiger partial charge in [0.2, 0.25) is 0 Å². The van der Waals surface area contributed by atoms with Crippen LogP contribution in [0.15, 0.2) is 38.9 Å². The van der Waals surface area contributed by atoms with Crippen molar-refractivity contribution in [2.45, 2.75) is 36.8 Å². The summed E-state index contributed by atoms with van der Waals surface area (Å²) in [5.74, 6) is -0.107. The molecule has 0 amide bonds. The van der Waals surface area contributed by atoms with Gasteiger partial charge in [0.05, 0.1) is 5.39 Å². The van der Waals surface area contributed by atoms with E-state index in [9.17, 15) is 14.0 Å². The van der Waals surface area contributed by atoms with Crippen LogP contribution < -0.4 is 11.2 Å². The maximum Gasteiger partial charge on any atom is 0.332 e. The molecule has 0 N–H and O–H groups in total. The summed E-state index contributed by atoms with van der Waals surface area (Å²) in [6.45, 7) is 2.09. The van der Waals surface area contributed by atoms with E-state index in [1.807, 2.05) is 0 Å². The van der Waals surface area contributed by atoms with Crippen LogP contribution in [0.2, 0.25) is 5.02 Å². The van der Waals surface area contributed by atoms with Crippen LogP contribution in [0.1, 0.15) is 30.9 Å². The number of nitrogens with zero attached hydrogens (tertiary/aromatic N) is 3. The Balaban J connectivity index is 2.19. The van der Waals surface area contributed by atoms with E-state index in [2.05, 4.69) is 11.9 Å². The van der Waals surface area contributed by atoms with E-state index in [0.717, 1.165) is 34.3 Å². The first kappa shape index (κ1) is 20.6. The van der Waals surface area contributed by atoms with Crippen molar-refractivity contribution in [3.8, 4) is 0 Å². The Bertz CT molecular complexity index is 1140. The monoisotopic (exact) mass is 421 g/mol. The molecule has 3 aromatic rings. The summed E-state index contributed by atoms with van der Waals surface area (Å²) in [7, 11) is 3.04. The topological polar surface area (TPSA) is 56.9 Å². The molecule has 2 aromatic heterocycles. The summed E-state index contributed by atoms with van der Waals surface area (Å²) >= 11 is 7.52. The van der Waals surface area contributed by atoms with Crippen molar-refractivity contribution in [2.75, 3.05) is 0 Å². The largest absolute Gasteiger partial charge is 0.332 e. The van der Waals surface area contributed by atoms with Crippen LogP contribution in [0, 0.1) is 5.82 Å². The summed E-state index contributed by atoms with van der Waals surface area (Å²) in [5, 5.41) is 0.733. The quantitative estimate of drug-likeness (QED) is 0.563. The van der Waals surface area contributed by atoms with Crippen LogP contribution in [-0.2, 0) is 26.3 Å². The van der Waals surface area contributed by atoms with Gasteiger partial charge in [-0.1, -0.05) is 31.0 Å². The first-order chi connectivity index (χ1) is 13.4. The smallest absolute Gasteiger partial charge is 0.280 e. The number of thioether (sulfide) groups is 1. The van der Waals surface area contributed by atoms with E-state index in [0.29, 0.717) is 21.6 Å². The van der Waals surface area contributed by atoms with Crippen LogP contribution in [0.25, 0.3) is 11.0 Å². The summed E-state index contributed by atoms with van der Waals surface area (Å²) in [4.78, 5) is 30.3. The summed E-state index contributed by atoms with van der Waals surface area (Å²) in [6, 6.07) is 4.57. The maximum absolute atomic E-state index is 14.2. The number of fused-ring (bicyclic) bond motifs is 1. The van der Waals surface area contributed by atoms with E-state index in [4.69, 9.17) is 11.6 Å². The van der Waals surface area contributed by atoms with Crippen LogP contribution in [0.3, 0.4) is 0 Å². The Morgan fingerprint density at radius 1 is 1.21 bits per heavy atom. The minimum Gasteiger partial charge on any atom is -0.280 e. The van der Waals surface area contributed by atoms with Gasteiger partial charge in [-0.15, -0.1) is 11.8 Å². The molecule has 3 rings (SSSR count). The molecule has 5 nitrogen and oxygen atoms in total. The molecule has 0 fully saturated rings. The van der Waals surface area contributed by atoms with Gasteiger partial charge in [0.15, 0.2) is 0 Å². The van der Waals surface area contributed by atoms with Crippen molar-refractivity contribution in [1.29, 1.82) is 0 Å². The van der Waals surface area contributed by atoms with Crippen molar-refractivity contribution in [3.05, 3.63) is 67.2 Å². The van der Waals surface area contributed by atoms with Crippen LogP contribution in [-0.4, -0.2) is 14.1 Å². The molecule has 28 heavy (non-hydrogen) atoms. The molecule has 0 spiro atoms. The predicted molar refractivity (Wildman–Crippen MR) is 112 cm³/mol. The molecule has 148 valence electrons. The molecule has 2 heterocycles. The zero-order valence-corrected chi connectivity index (χ0v) is 17.5. The predicted octanol–water partition coefficient (Wildman–Crippen LogP) is 4.06. The van der Waals surface area contributed by atoms with Gasteiger partial charge in [-0.3, -0.25) is 13.9 Å². The first-order valence-electron chi connectivity index (χ1n) is 9.00. The molecular weight excluding hydrogens is 401 g/mol. The lowest BCUT2D eigenvalue weighted by molar-refractivity contribution is 0.617. The number of unbranched alkanes of at least 4 members (excludes halogenated alkanes) is 1. The van der Waals surface area contributed by atoms with E-state index in [1.165, 1.54) is 29.4 Å². The number of aromatic nitrogens is 3. The molecule has 0 unspecified atom stereocenters. The Hall–Kier alpha value is -2.12. The zero-order chi connectivity index (χ0) is 20.4. The van der Waals surface area contributed by atoms with E-state index in [1.54, 1.807) is 25.4 Å². The molecule has 0 atom stereocenters. The summed E-state index contributed by atoms with van der Waals surface area (Å²) < 4.78 is 16.6. The molecule has 8 heteroatoms. The normalized spacial score (nSPS) is 11.3. The van der Waals surface area contributed by atoms with Crippen molar-refractivity contribution in [3.63, 3.8) is 0 Å². The van der Waals surface area contributed by atoms with Gasteiger partial charge in [-0.25, -0.2) is 14.2 Å². The molecule has 0 bridgehead atoms. The lowest BCUT2D eigenvalue weighted by Gasteiger charge is -2.15. The average Bonchev–Trinajstić information content (AvgIpc) is 2.68. The number of hydrogen-bond acceptors (Lipinski definition) is 4. The summed E-state index contributed by atoms with van der Waals surface area (Å²) in [6.07, 6.45) is 4.39. The standard InChI is InChI=1S/C20H21ClFN3O2S/c1-4-5-7-12-10-23-18-16(19(26)25(3)20(27)24(18)2)17(12)28-11-13-14(21)8-6-9-15(13)22/h6,8-10H,4-5,7,11H2,1-3H3. The van der Waals surface area contributed by atoms with Gasteiger partial charge >= 0.3 is 5.69 Å². The molecule has 0 radical (unpaired) electrons. The number of pyridine rings is 1. The maximum atomic E-state index is 14.2. The van der Waals surface area contributed by atoms with Crippen molar-refractivity contribution in [2.24, 2.45) is 14.1 Å². The Morgan fingerprint density at radius 2 is 1.96 bits per heavy atom. The number of aryl methyl sites for hydroxylation is 2. The van der Waals surface area contributed by atoms with E-state index < -0.39 is 11.2 Å². The van der Waals surface area contributed by atoms with Gasteiger partial charge < -0.3 is 0 Å². The zero-order valence-electron chi connectivity index (χ0n) is 16.0. The van der Waals surface area contributed by atoms with Gasteiger partial charge in [0, 0.05) is 41.5 Å². The molecular formula is C20H21ClFN3O2S. The number of hydrogen-bond donors (Lipinski definition) is 0. The third-order valence-electron chi connectivity index (χ3n) is 4.72. The van der Waals surface area contributed by atoms with Gasteiger partial charge in [0.1, 0.15) is 11.5 Å². The molecule has 0 saturated heterocycles. The molecule has 0 aliphatic heterocycles. The highest BCUT2D eigenvalue weighted by atomic mass is 35.5. The third-order valence-corrected chi connectivity index (χ3v) is 6.26. The Labute approximate surface area is 171 Å². The highest BCUT2D eigenvalue weighted by Gasteiger charge is 2.18. The van der Waals surface area contributed by atoms with Crippen LogP contribution in [0.4, 0.5) is 4.39 Å². The molecule has 0 aliphatic rings. The minimum absolute atomic E-state index is 0.274. The van der Waals surface area contributed by atoms with Crippen molar-refractivity contribution in [1.82, 2.24) is 14.1 Å². The second-order valence-electron chi connectivity index (χ2n) is 6.61. The molecule has 0 saturated carbocycles. The highest BCUT2D eigenvalue weighted by Crippen LogP contribution is 2.34. The lowest BCUT2D eigenvalue weighted by Crippen LogP contribution is -2.37. The fourth-order valence-corrected chi connectivity index (χ4v) is 4.62. The number of benzene rings is 1. The fourth-order valence-electron chi connectivity index (χ4n) is 3.07. The highest BCUT2D eigenvalue weighted by molar-refractivity contribution is 7.98. The second kappa shape index (κ2) is 8.49. The second-order valence-corrected chi connectivity index (χ2v) is 8.00. The number of rotatable bonds is 6. The minimum atomic E-state index is -0.431. The first-order valence-corrected chi connectivity index (χ1v) is 10.4. The molecule has 0 aliphatic carbocycles. The average molecular weight is 422 g/mol. The van der Waals surface area contributed by atoms with Gasteiger partial charge in [0.25, 0.3) is 5.56 Å². The lowest BCUT2D eigenvalue weighted by atomic mass is 10.1. The molecule has 1 aromatic carbocycles. The Morgan fingerprint density at radius 3 is 2.64 bits per heavy atom. The van der Waals surface area contributed by atoms with Crippen molar-refractivity contribution < 1.29 is 4.39 Å². The van der Waals surface area contributed by atoms with Crippen LogP contribution >= 0.6 is 23.4 Å². The van der Waals surface area contributed by atoms with E-state index >= 15 is 0 Å². The van der Waals surface area contributed by atoms with E-state index in [-0.39, 0.29) is 11.6 Å². The third kappa shape index (κ3) is 3.73.